The molecule has 1 aliphatic heterocycles. The minimum Gasteiger partial charge on any atom is -0.339 e. The molecule has 1 N–H and O–H groups in total. The molecule has 0 bridgehead atoms. The standard InChI is InChI=1S/C23H31N5O4/c1-15(2)13-22-25-21(26-32-22)10-12-28(17(4)30)20-9-11-27(14-20)23(31)18-5-7-19(8-6-18)24-16(3)29/h5-8,15,20H,9-14H2,1-4H3,(H,24,29). The van der Waals surface area contributed by atoms with E-state index in [9.17, 15) is 14.4 Å². The highest BCUT2D eigenvalue weighted by atomic mass is 16.5. The second-order valence-electron chi connectivity index (χ2n) is 8.62. The molecule has 1 aliphatic rings. The fraction of sp³-hybridized carbons (Fsp3) is 0.522. The van der Waals surface area contributed by atoms with E-state index in [0.29, 0.717) is 54.9 Å². The van der Waals surface area contributed by atoms with Crippen LogP contribution in [0.2, 0.25) is 0 Å². The Morgan fingerprint density at radius 3 is 2.56 bits per heavy atom. The molecule has 9 heteroatoms. The maximum Gasteiger partial charge on any atom is 0.253 e. The van der Waals surface area contributed by atoms with E-state index in [1.54, 1.807) is 41.0 Å². The van der Waals surface area contributed by atoms with Crippen LogP contribution in [0, 0.1) is 5.92 Å². The molecule has 2 heterocycles. The van der Waals surface area contributed by atoms with Gasteiger partial charge in [-0.05, 0) is 36.6 Å². The van der Waals surface area contributed by atoms with Gasteiger partial charge in [0.1, 0.15) is 0 Å². The van der Waals surface area contributed by atoms with Crippen molar-refractivity contribution in [3.8, 4) is 0 Å². The van der Waals surface area contributed by atoms with Crippen molar-refractivity contribution < 1.29 is 18.9 Å². The van der Waals surface area contributed by atoms with Gasteiger partial charge in [-0.25, -0.2) is 0 Å². The molecule has 0 spiro atoms. The lowest BCUT2D eigenvalue weighted by Crippen LogP contribution is -2.42. The summed E-state index contributed by atoms with van der Waals surface area (Å²) in [5.41, 5.74) is 1.20. The zero-order chi connectivity index (χ0) is 23.3. The molecule has 0 aliphatic carbocycles. The fourth-order valence-electron chi connectivity index (χ4n) is 3.90. The third-order valence-electron chi connectivity index (χ3n) is 5.42. The first-order chi connectivity index (χ1) is 15.2. The smallest absolute Gasteiger partial charge is 0.253 e. The van der Waals surface area contributed by atoms with Crippen molar-refractivity contribution in [1.29, 1.82) is 0 Å². The number of rotatable bonds is 8. The number of nitrogens with one attached hydrogen (secondary N) is 1. The summed E-state index contributed by atoms with van der Waals surface area (Å²) in [6.07, 6.45) is 1.96. The van der Waals surface area contributed by atoms with Crippen molar-refractivity contribution in [1.82, 2.24) is 19.9 Å². The second kappa shape index (κ2) is 10.4. The van der Waals surface area contributed by atoms with Gasteiger partial charge in [0.05, 0.1) is 6.04 Å². The summed E-state index contributed by atoms with van der Waals surface area (Å²) in [4.78, 5) is 44.3. The molecule has 3 amide bonds. The van der Waals surface area contributed by atoms with Gasteiger partial charge in [0.25, 0.3) is 5.91 Å². The van der Waals surface area contributed by atoms with Gasteiger partial charge in [0.15, 0.2) is 5.82 Å². The molecule has 2 aromatic rings. The van der Waals surface area contributed by atoms with E-state index in [1.165, 1.54) is 6.92 Å². The highest BCUT2D eigenvalue weighted by Crippen LogP contribution is 2.20. The molecule has 1 atom stereocenters. The Balaban J connectivity index is 1.57. The van der Waals surface area contributed by atoms with Crippen LogP contribution in [0.1, 0.15) is 56.2 Å². The highest BCUT2D eigenvalue weighted by molar-refractivity contribution is 5.95. The van der Waals surface area contributed by atoms with E-state index in [-0.39, 0.29) is 23.8 Å². The summed E-state index contributed by atoms with van der Waals surface area (Å²) in [6.45, 7) is 8.71. The first kappa shape index (κ1) is 23.4. The van der Waals surface area contributed by atoms with Crippen LogP contribution in [0.15, 0.2) is 28.8 Å². The van der Waals surface area contributed by atoms with Crippen molar-refractivity contribution in [3.63, 3.8) is 0 Å². The molecule has 172 valence electrons. The number of hydrogen-bond acceptors (Lipinski definition) is 6. The lowest BCUT2D eigenvalue weighted by Gasteiger charge is -2.27. The van der Waals surface area contributed by atoms with E-state index >= 15 is 0 Å². The number of nitrogens with zero attached hydrogens (tertiary/aromatic N) is 4. The summed E-state index contributed by atoms with van der Waals surface area (Å²) < 4.78 is 5.28. The number of amides is 3. The second-order valence-corrected chi connectivity index (χ2v) is 8.62. The van der Waals surface area contributed by atoms with E-state index < -0.39 is 0 Å². The van der Waals surface area contributed by atoms with Crippen LogP contribution in [0.4, 0.5) is 5.69 Å². The molecule has 1 fully saturated rings. The molecule has 1 aromatic heterocycles. The molecule has 0 saturated carbocycles. The van der Waals surface area contributed by atoms with Crippen LogP contribution >= 0.6 is 0 Å². The van der Waals surface area contributed by atoms with Gasteiger partial charge in [-0.1, -0.05) is 19.0 Å². The molecule has 1 aromatic carbocycles. The third kappa shape index (κ3) is 6.15. The zero-order valence-electron chi connectivity index (χ0n) is 19.1. The van der Waals surface area contributed by atoms with Crippen LogP contribution in [0.5, 0.6) is 0 Å². The Kier molecular flexibility index (Phi) is 7.61. The zero-order valence-corrected chi connectivity index (χ0v) is 19.1. The Hall–Kier alpha value is -3.23. The lowest BCUT2D eigenvalue weighted by molar-refractivity contribution is -0.130. The molecule has 1 unspecified atom stereocenters. The summed E-state index contributed by atoms with van der Waals surface area (Å²) >= 11 is 0. The summed E-state index contributed by atoms with van der Waals surface area (Å²) in [5, 5.41) is 6.71. The average Bonchev–Trinajstić information content (AvgIpc) is 3.37. The van der Waals surface area contributed by atoms with Gasteiger partial charge >= 0.3 is 0 Å². The monoisotopic (exact) mass is 441 g/mol. The van der Waals surface area contributed by atoms with Crippen molar-refractivity contribution in [2.24, 2.45) is 5.92 Å². The Morgan fingerprint density at radius 1 is 1.22 bits per heavy atom. The fourth-order valence-corrected chi connectivity index (χ4v) is 3.90. The van der Waals surface area contributed by atoms with Crippen LogP contribution in [-0.2, 0) is 22.4 Å². The summed E-state index contributed by atoms with van der Waals surface area (Å²) in [5.74, 6) is 1.37. The molecular formula is C23H31N5O4. The number of aromatic nitrogens is 2. The Morgan fingerprint density at radius 2 is 1.94 bits per heavy atom. The van der Waals surface area contributed by atoms with Crippen LogP contribution in [0.3, 0.4) is 0 Å². The number of hydrogen-bond donors (Lipinski definition) is 1. The summed E-state index contributed by atoms with van der Waals surface area (Å²) in [7, 11) is 0. The number of likely N-dealkylation sites (tertiary alicyclic amines) is 1. The van der Waals surface area contributed by atoms with Gasteiger partial charge < -0.3 is 19.6 Å². The van der Waals surface area contributed by atoms with Crippen molar-refractivity contribution in [2.45, 2.75) is 53.0 Å². The number of anilines is 1. The van der Waals surface area contributed by atoms with E-state index in [1.807, 2.05) is 0 Å². The Bertz CT molecular complexity index is 954. The van der Waals surface area contributed by atoms with Gasteiger partial charge in [0, 0.05) is 57.6 Å². The van der Waals surface area contributed by atoms with Crippen molar-refractivity contribution in [3.05, 3.63) is 41.5 Å². The summed E-state index contributed by atoms with van der Waals surface area (Å²) in [6, 6.07) is 6.78. The molecular weight excluding hydrogens is 410 g/mol. The third-order valence-corrected chi connectivity index (χ3v) is 5.42. The highest BCUT2D eigenvalue weighted by Gasteiger charge is 2.32. The largest absolute Gasteiger partial charge is 0.339 e. The maximum atomic E-state index is 12.9. The van der Waals surface area contributed by atoms with Crippen LogP contribution in [-0.4, -0.2) is 63.3 Å². The predicted octanol–water partition coefficient (Wildman–Crippen LogP) is 2.53. The molecule has 9 nitrogen and oxygen atoms in total. The van der Waals surface area contributed by atoms with E-state index in [0.717, 1.165) is 12.8 Å². The number of carbonyl (C=O) groups is 3. The quantitative estimate of drug-likeness (QED) is 0.674. The number of benzene rings is 1. The SMILES string of the molecule is CC(=O)Nc1ccc(C(=O)N2CCC(N(CCc3noc(CC(C)C)n3)C(C)=O)C2)cc1. The van der Waals surface area contributed by atoms with Gasteiger partial charge in [-0.3, -0.25) is 14.4 Å². The minimum atomic E-state index is -0.159. The van der Waals surface area contributed by atoms with Gasteiger partial charge in [0.2, 0.25) is 17.7 Å². The van der Waals surface area contributed by atoms with E-state index in [4.69, 9.17) is 4.52 Å². The van der Waals surface area contributed by atoms with E-state index in [2.05, 4.69) is 29.3 Å². The normalized spacial score (nSPS) is 15.8. The molecule has 32 heavy (non-hydrogen) atoms. The average molecular weight is 442 g/mol. The Labute approximate surface area is 188 Å². The molecule has 1 saturated heterocycles. The van der Waals surface area contributed by atoms with Crippen molar-refractivity contribution in [2.75, 3.05) is 25.0 Å². The van der Waals surface area contributed by atoms with Gasteiger partial charge in [-0.2, -0.15) is 4.98 Å². The van der Waals surface area contributed by atoms with Crippen LogP contribution in [0.25, 0.3) is 0 Å². The minimum absolute atomic E-state index is 0.0325. The lowest BCUT2D eigenvalue weighted by atomic mass is 10.1. The van der Waals surface area contributed by atoms with Crippen LogP contribution < -0.4 is 5.32 Å². The van der Waals surface area contributed by atoms with Gasteiger partial charge in [-0.15, -0.1) is 0 Å². The molecule has 0 radical (unpaired) electrons. The van der Waals surface area contributed by atoms with Crippen molar-refractivity contribution >= 4 is 23.4 Å². The first-order valence-electron chi connectivity index (χ1n) is 11.0. The maximum absolute atomic E-state index is 12.9. The first-order valence-corrected chi connectivity index (χ1v) is 11.0. The molecule has 3 rings (SSSR count). The topological polar surface area (TPSA) is 109 Å². The number of carbonyl (C=O) groups excluding carboxylic acids is 3. The predicted molar refractivity (Wildman–Crippen MR) is 119 cm³/mol.